The molecular formula is C17H19N5O3S. The number of sulfonamides is 1. The molecule has 0 amide bonds. The van der Waals surface area contributed by atoms with E-state index in [2.05, 4.69) is 15.4 Å². The Bertz CT molecular complexity index is 1050. The van der Waals surface area contributed by atoms with Crippen LogP contribution < -0.4 is 10.1 Å². The predicted octanol–water partition coefficient (Wildman–Crippen LogP) is 1.46. The van der Waals surface area contributed by atoms with Crippen LogP contribution in [0.25, 0.3) is 16.8 Å². The fourth-order valence-corrected chi connectivity index (χ4v) is 3.77. The molecule has 3 heterocycles. The lowest BCUT2D eigenvalue weighted by Gasteiger charge is -2.21. The van der Waals surface area contributed by atoms with E-state index in [0.29, 0.717) is 24.7 Å². The zero-order chi connectivity index (χ0) is 18.1. The Labute approximate surface area is 151 Å². The van der Waals surface area contributed by atoms with Crippen LogP contribution in [0.3, 0.4) is 0 Å². The zero-order valence-corrected chi connectivity index (χ0v) is 15.1. The topological polar surface area (TPSA) is 88.8 Å². The average Bonchev–Trinajstić information content (AvgIpc) is 3.02. The van der Waals surface area contributed by atoms with Crippen LogP contribution in [0, 0.1) is 0 Å². The number of aromatic nitrogens is 3. The van der Waals surface area contributed by atoms with Crippen molar-refractivity contribution in [2.75, 3.05) is 37.8 Å². The number of hydrogen-bond donors (Lipinski definition) is 1. The van der Waals surface area contributed by atoms with E-state index in [9.17, 15) is 8.42 Å². The molecule has 136 valence electrons. The van der Waals surface area contributed by atoms with Crippen molar-refractivity contribution < 1.29 is 13.2 Å². The van der Waals surface area contributed by atoms with E-state index in [0.717, 1.165) is 16.8 Å². The number of hydrogen-bond acceptors (Lipinski definition) is 6. The Morgan fingerprint density at radius 1 is 1.23 bits per heavy atom. The minimum absolute atomic E-state index is 0.281. The molecule has 26 heavy (non-hydrogen) atoms. The number of rotatable bonds is 1. The van der Waals surface area contributed by atoms with E-state index >= 15 is 0 Å². The van der Waals surface area contributed by atoms with Gasteiger partial charge >= 0.3 is 0 Å². The van der Waals surface area contributed by atoms with Gasteiger partial charge in [-0.05, 0) is 23.8 Å². The van der Waals surface area contributed by atoms with Crippen LogP contribution >= 0.6 is 0 Å². The van der Waals surface area contributed by atoms with E-state index in [-0.39, 0.29) is 13.2 Å². The van der Waals surface area contributed by atoms with Gasteiger partial charge in [0.2, 0.25) is 10.0 Å². The molecule has 8 nitrogen and oxygen atoms in total. The minimum Gasteiger partial charge on any atom is -0.492 e. The zero-order valence-electron chi connectivity index (χ0n) is 14.3. The molecule has 1 aliphatic heterocycles. The van der Waals surface area contributed by atoms with Crippen molar-refractivity contribution in [3.63, 3.8) is 0 Å². The lowest BCUT2D eigenvalue weighted by Crippen LogP contribution is -2.37. The third kappa shape index (κ3) is 3.35. The highest BCUT2D eigenvalue weighted by Gasteiger charge is 2.17. The Kier molecular flexibility index (Phi) is 4.25. The molecule has 3 aromatic rings. The highest BCUT2D eigenvalue weighted by molar-refractivity contribution is 7.88. The number of fused-ring (bicyclic) bond motifs is 4. The van der Waals surface area contributed by atoms with Gasteiger partial charge < -0.3 is 10.1 Å². The summed E-state index contributed by atoms with van der Waals surface area (Å²) in [5, 5.41) is 7.53. The normalized spacial score (nSPS) is 16.0. The largest absolute Gasteiger partial charge is 0.492 e. The maximum absolute atomic E-state index is 12.0. The molecule has 2 aromatic heterocycles. The fraction of sp³-hybridized carbons (Fsp3) is 0.294. The third-order valence-electron chi connectivity index (χ3n) is 4.26. The van der Waals surface area contributed by atoms with Crippen LogP contribution in [0.1, 0.15) is 0 Å². The molecule has 0 unspecified atom stereocenters. The molecule has 1 N–H and O–H groups in total. The molecule has 0 atom stereocenters. The van der Waals surface area contributed by atoms with Gasteiger partial charge in [0.05, 0.1) is 12.5 Å². The van der Waals surface area contributed by atoms with E-state index in [1.54, 1.807) is 10.7 Å². The number of nitrogens with one attached hydrogen (secondary N) is 1. The molecule has 4 rings (SSSR count). The number of anilines is 1. The van der Waals surface area contributed by atoms with Crippen LogP contribution in [0.15, 0.2) is 42.7 Å². The maximum Gasteiger partial charge on any atom is 0.211 e. The lowest BCUT2D eigenvalue weighted by molar-refractivity contribution is 0.276. The average molecular weight is 373 g/mol. The Balaban J connectivity index is 1.77. The summed E-state index contributed by atoms with van der Waals surface area (Å²) in [6, 6.07) is 9.46. The molecule has 0 aliphatic carbocycles. The van der Waals surface area contributed by atoms with Crippen molar-refractivity contribution >= 4 is 21.5 Å². The molecule has 0 radical (unpaired) electrons. The lowest BCUT2D eigenvalue weighted by atomic mass is 10.1. The van der Waals surface area contributed by atoms with Crippen molar-refractivity contribution in [3.8, 4) is 16.9 Å². The summed E-state index contributed by atoms with van der Waals surface area (Å²) in [5.74, 6) is 1.36. The standard InChI is InChI=1S/C17H19N5O3S/c1-26(23,24)21-8-6-18-16-5-7-22-17(20-16)15(12-19-22)13-3-2-4-14(11-13)25-10-9-21/h2-5,7,11-12H,6,8-10H2,1H3,(H,18,20). The van der Waals surface area contributed by atoms with Gasteiger partial charge in [-0.25, -0.2) is 17.9 Å². The molecule has 1 aliphatic rings. The maximum atomic E-state index is 12.0. The van der Waals surface area contributed by atoms with Crippen LogP contribution in [-0.4, -0.2) is 59.8 Å². The van der Waals surface area contributed by atoms with E-state index < -0.39 is 10.0 Å². The summed E-state index contributed by atoms with van der Waals surface area (Å²) in [6.45, 7) is 1.35. The number of benzene rings is 1. The third-order valence-corrected chi connectivity index (χ3v) is 5.56. The summed E-state index contributed by atoms with van der Waals surface area (Å²) in [7, 11) is -3.31. The highest BCUT2D eigenvalue weighted by Crippen LogP contribution is 2.27. The summed E-state index contributed by atoms with van der Waals surface area (Å²) in [5.41, 5.74) is 2.58. The second-order valence-corrected chi connectivity index (χ2v) is 8.09. The van der Waals surface area contributed by atoms with Crippen LogP contribution in [0.2, 0.25) is 0 Å². The summed E-state index contributed by atoms with van der Waals surface area (Å²) < 4.78 is 32.8. The Hall–Kier alpha value is -2.65. The van der Waals surface area contributed by atoms with E-state index in [1.807, 2.05) is 36.5 Å². The molecule has 0 saturated carbocycles. The molecule has 9 heteroatoms. The van der Waals surface area contributed by atoms with Crippen molar-refractivity contribution in [1.29, 1.82) is 0 Å². The van der Waals surface area contributed by atoms with Gasteiger partial charge in [-0.2, -0.15) is 9.40 Å². The first-order valence-corrected chi connectivity index (χ1v) is 10.1. The summed E-state index contributed by atoms with van der Waals surface area (Å²) in [4.78, 5) is 4.62. The van der Waals surface area contributed by atoms with Gasteiger partial charge in [-0.1, -0.05) is 12.1 Å². The van der Waals surface area contributed by atoms with Crippen LogP contribution in [0.5, 0.6) is 5.75 Å². The Morgan fingerprint density at radius 3 is 2.96 bits per heavy atom. The first kappa shape index (κ1) is 16.8. The van der Waals surface area contributed by atoms with Crippen molar-refractivity contribution in [3.05, 3.63) is 42.7 Å². The fourth-order valence-electron chi connectivity index (χ4n) is 2.94. The first-order chi connectivity index (χ1) is 12.5. The quantitative estimate of drug-likeness (QED) is 0.695. The van der Waals surface area contributed by atoms with Gasteiger partial charge in [-0.3, -0.25) is 0 Å². The van der Waals surface area contributed by atoms with Gasteiger partial charge in [0.15, 0.2) is 5.65 Å². The van der Waals surface area contributed by atoms with Gasteiger partial charge in [0.1, 0.15) is 18.2 Å². The molecule has 4 bridgehead atoms. The van der Waals surface area contributed by atoms with Crippen LogP contribution in [0.4, 0.5) is 5.82 Å². The monoisotopic (exact) mass is 373 g/mol. The minimum atomic E-state index is -3.31. The number of ether oxygens (including phenoxy) is 1. The summed E-state index contributed by atoms with van der Waals surface area (Å²) >= 11 is 0. The van der Waals surface area contributed by atoms with Gasteiger partial charge in [0, 0.05) is 31.4 Å². The molecule has 0 saturated heterocycles. The highest BCUT2D eigenvalue weighted by atomic mass is 32.2. The molecule has 0 fully saturated rings. The SMILES string of the molecule is CS(=O)(=O)N1CCNc2ccn3ncc(c3n2)-c2cccc(c2)OCC1. The van der Waals surface area contributed by atoms with E-state index in [1.165, 1.54) is 10.6 Å². The van der Waals surface area contributed by atoms with E-state index in [4.69, 9.17) is 4.74 Å². The number of nitrogens with zero attached hydrogens (tertiary/aromatic N) is 4. The predicted molar refractivity (Wildman–Crippen MR) is 98.8 cm³/mol. The smallest absolute Gasteiger partial charge is 0.211 e. The second-order valence-electron chi connectivity index (χ2n) is 6.10. The van der Waals surface area contributed by atoms with Gasteiger partial charge in [0.25, 0.3) is 0 Å². The van der Waals surface area contributed by atoms with Crippen LogP contribution in [-0.2, 0) is 10.0 Å². The Morgan fingerprint density at radius 2 is 2.12 bits per heavy atom. The molecule has 1 aromatic carbocycles. The van der Waals surface area contributed by atoms with Crippen molar-refractivity contribution in [2.45, 2.75) is 0 Å². The van der Waals surface area contributed by atoms with Crippen molar-refractivity contribution in [1.82, 2.24) is 18.9 Å². The van der Waals surface area contributed by atoms with Gasteiger partial charge in [-0.15, -0.1) is 0 Å². The molecule has 0 spiro atoms. The first-order valence-electron chi connectivity index (χ1n) is 8.27. The van der Waals surface area contributed by atoms with Crippen molar-refractivity contribution in [2.24, 2.45) is 0 Å². The second kappa shape index (κ2) is 6.58. The molecular weight excluding hydrogens is 354 g/mol. The summed E-state index contributed by atoms with van der Waals surface area (Å²) in [6.07, 6.45) is 4.82.